The zero-order chi connectivity index (χ0) is 13.8. The molecule has 0 saturated heterocycles. The second-order valence-corrected chi connectivity index (χ2v) is 5.02. The molecule has 1 N–H and O–H groups in total. The average molecular weight is 248 g/mol. The lowest BCUT2D eigenvalue weighted by molar-refractivity contribution is -0.138. The van der Waals surface area contributed by atoms with Gasteiger partial charge in [-0.1, -0.05) is 45.0 Å². The van der Waals surface area contributed by atoms with Crippen LogP contribution in [0.2, 0.25) is 0 Å². The molecule has 0 radical (unpaired) electrons. The number of carbonyl (C=O) groups is 1. The molecule has 0 aromatic heterocycles. The Morgan fingerprint density at radius 2 is 1.56 bits per heavy atom. The van der Waals surface area contributed by atoms with E-state index in [1.165, 1.54) is 5.56 Å². The van der Waals surface area contributed by atoms with E-state index in [2.05, 4.69) is 32.9 Å². The molecule has 0 fully saturated rings. The van der Waals surface area contributed by atoms with Crippen molar-refractivity contribution in [3.05, 3.63) is 35.4 Å². The Labute approximate surface area is 110 Å². The summed E-state index contributed by atoms with van der Waals surface area (Å²) >= 11 is 0. The fraction of sp³-hybridized carbons (Fsp3) is 0.562. The van der Waals surface area contributed by atoms with Crippen molar-refractivity contribution in [3.63, 3.8) is 0 Å². The van der Waals surface area contributed by atoms with Gasteiger partial charge < -0.3 is 5.11 Å². The summed E-state index contributed by atoms with van der Waals surface area (Å²) in [6.07, 6.45) is 3.36. The second-order valence-electron chi connectivity index (χ2n) is 5.02. The molecule has 0 heterocycles. The molecule has 0 aliphatic rings. The van der Waals surface area contributed by atoms with Crippen LogP contribution in [0, 0.1) is 0 Å². The summed E-state index contributed by atoms with van der Waals surface area (Å²) in [7, 11) is 0. The van der Waals surface area contributed by atoms with Crippen LogP contribution in [0.15, 0.2) is 24.3 Å². The van der Waals surface area contributed by atoms with E-state index in [0.29, 0.717) is 0 Å². The Hall–Kier alpha value is -1.31. The highest BCUT2D eigenvalue weighted by Crippen LogP contribution is 2.35. The van der Waals surface area contributed by atoms with Crippen LogP contribution in [-0.2, 0) is 10.2 Å². The van der Waals surface area contributed by atoms with Crippen LogP contribution in [-0.4, -0.2) is 11.1 Å². The van der Waals surface area contributed by atoms with Crippen molar-refractivity contribution >= 4 is 5.97 Å². The molecule has 1 atom stereocenters. The number of hydrogen-bond acceptors (Lipinski definition) is 1. The monoisotopic (exact) mass is 248 g/mol. The van der Waals surface area contributed by atoms with Gasteiger partial charge >= 0.3 is 5.97 Å². The first-order valence-corrected chi connectivity index (χ1v) is 6.84. The Morgan fingerprint density at radius 3 is 1.89 bits per heavy atom. The average Bonchev–Trinajstić information content (AvgIpc) is 2.41. The molecule has 0 aliphatic carbocycles. The molecule has 0 saturated carbocycles. The van der Waals surface area contributed by atoms with Crippen molar-refractivity contribution in [1.82, 2.24) is 0 Å². The van der Waals surface area contributed by atoms with E-state index >= 15 is 0 Å². The fourth-order valence-corrected chi connectivity index (χ4v) is 2.63. The third kappa shape index (κ3) is 2.74. The Morgan fingerprint density at radius 1 is 1.11 bits per heavy atom. The molecule has 0 spiro atoms. The molecule has 2 nitrogen and oxygen atoms in total. The van der Waals surface area contributed by atoms with Crippen LogP contribution in [0.5, 0.6) is 0 Å². The summed E-state index contributed by atoms with van der Waals surface area (Å²) in [5, 5.41) is 9.00. The standard InChI is InChI=1S/C16H24O2/c1-5-16(6-2,7-3)14-10-8-13(9-11-14)12(4)15(17)18/h8-12H,5-7H2,1-4H3,(H,17,18). The van der Waals surface area contributed by atoms with E-state index in [9.17, 15) is 4.79 Å². The van der Waals surface area contributed by atoms with Crippen LogP contribution >= 0.6 is 0 Å². The maximum atomic E-state index is 11.0. The Kier molecular flexibility index (Phi) is 4.94. The zero-order valence-electron chi connectivity index (χ0n) is 11.9. The van der Waals surface area contributed by atoms with Gasteiger partial charge in [0.25, 0.3) is 0 Å². The van der Waals surface area contributed by atoms with Crippen molar-refractivity contribution in [2.45, 2.75) is 58.3 Å². The van der Waals surface area contributed by atoms with Gasteiger partial charge in [0.15, 0.2) is 0 Å². The number of carboxylic acids is 1. The molecule has 2 heteroatoms. The third-order valence-corrected chi connectivity index (χ3v) is 4.42. The van der Waals surface area contributed by atoms with Crippen molar-refractivity contribution < 1.29 is 9.90 Å². The Balaban J connectivity index is 3.05. The van der Waals surface area contributed by atoms with Crippen LogP contribution in [0.4, 0.5) is 0 Å². The van der Waals surface area contributed by atoms with E-state index in [-0.39, 0.29) is 5.41 Å². The predicted octanol–water partition coefficient (Wildman–Crippen LogP) is 4.34. The molecule has 0 aliphatic heterocycles. The van der Waals surface area contributed by atoms with Crippen LogP contribution in [0.3, 0.4) is 0 Å². The highest BCUT2D eigenvalue weighted by molar-refractivity contribution is 5.75. The van der Waals surface area contributed by atoms with Crippen LogP contribution < -0.4 is 0 Å². The predicted molar refractivity (Wildman–Crippen MR) is 75.0 cm³/mol. The zero-order valence-corrected chi connectivity index (χ0v) is 11.9. The molecule has 1 aromatic rings. The Bertz CT molecular complexity index is 380. The summed E-state index contributed by atoms with van der Waals surface area (Å²) in [6, 6.07) is 8.13. The molecular formula is C16H24O2. The smallest absolute Gasteiger partial charge is 0.310 e. The lowest BCUT2D eigenvalue weighted by atomic mass is 9.73. The van der Waals surface area contributed by atoms with Gasteiger partial charge in [-0.2, -0.15) is 0 Å². The van der Waals surface area contributed by atoms with Gasteiger partial charge in [0.05, 0.1) is 5.92 Å². The van der Waals surface area contributed by atoms with E-state index < -0.39 is 11.9 Å². The topological polar surface area (TPSA) is 37.3 Å². The maximum Gasteiger partial charge on any atom is 0.310 e. The van der Waals surface area contributed by atoms with Crippen LogP contribution in [0.1, 0.15) is 64.0 Å². The molecule has 1 unspecified atom stereocenters. The minimum Gasteiger partial charge on any atom is -0.481 e. The molecular weight excluding hydrogens is 224 g/mol. The van der Waals surface area contributed by atoms with Crippen LogP contribution in [0.25, 0.3) is 0 Å². The largest absolute Gasteiger partial charge is 0.481 e. The minimum absolute atomic E-state index is 0.241. The fourth-order valence-electron chi connectivity index (χ4n) is 2.63. The summed E-state index contributed by atoms with van der Waals surface area (Å²) in [4.78, 5) is 11.0. The first-order valence-electron chi connectivity index (χ1n) is 6.84. The SMILES string of the molecule is CCC(CC)(CC)c1ccc(C(C)C(=O)O)cc1. The maximum absolute atomic E-state index is 11.0. The lowest BCUT2D eigenvalue weighted by Gasteiger charge is -2.31. The first-order chi connectivity index (χ1) is 8.50. The summed E-state index contributed by atoms with van der Waals surface area (Å²) in [6.45, 7) is 8.40. The van der Waals surface area contributed by atoms with Gasteiger partial charge in [-0.25, -0.2) is 0 Å². The van der Waals surface area contributed by atoms with Gasteiger partial charge in [0.1, 0.15) is 0 Å². The van der Waals surface area contributed by atoms with Crippen molar-refractivity contribution in [2.24, 2.45) is 0 Å². The van der Waals surface area contributed by atoms with E-state index in [4.69, 9.17) is 5.11 Å². The normalized spacial score (nSPS) is 13.3. The lowest BCUT2D eigenvalue weighted by Crippen LogP contribution is -2.23. The van der Waals surface area contributed by atoms with Gasteiger partial charge in [-0.15, -0.1) is 0 Å². The van der Waals surface area contributed by atoms with Crippen molar-refractivity contribution in [2.75, 3.05) is 0 Å². The molecule has 0 amide bonds. The molecule has 100 valence electrons. The molecule has 0 bridgehead atoms. The molecule has 18 heavy (non-hydrogen) atoms. The summed E-state index contributed by atoms with van der Waals surface area (Å²) in [5.41, 5.74) is 2.45. The first kappa shape index (κ1) is 14.7. The van der Waals surface area contributed by atoms with E-state index in [1.54, 1.807) is 6.92 Å². The minimum atomic E-state index is -0.768. The number of hydrogen-bond donors (Lipinski definition) is 1. The highest BCUT2D eigenvalue weighted by Gasteiger charge is 2.26. The van der Waals surface area contributed by atoms with Gasteiger partial charge in [-0.05, 0) is 42.7 Å². The summed E-state index contributed by atoms with van der Waals surface area (Å²) < 4.78 is 0. The number of aliphatic carboxylic acids is 1. The quantitative estimate of drug-likeness (QED) is 0.813. The third-order valence-electron chi connectivity index (χ3n) is 4.42. The highest BCUT2D eigenvalue weighted by atomic mass is 16.4. The second kappa shape index (κ2) is 6.03. The van der Waals surface area contributed by atoms with E-state index in [1.807, 2.05) is 12.1 Å². The van der Waals surface area contributed by atoms with Gasteiger partial charge in [0, 0.05) is 0 Å². The van der Waals surface area contributed by atoms with E-state index in [0.717, 1.165) is 24.8 Å². The van der Waals surface area contributed by atoms with Crippen molar-refractivity contribution in [1.29, 1.82) is 0 Å². The summed E-state index contributed by atoms with van der Waals surface area (Å²) in [5.74, 6) is -1.20. The van der Waals surface area contributed by atoms with Crippen molar-refractivity contribution in [3.8, 4) is 0 Å². The van der Waals surface area contributed by atoms with Gasteiger partial charge in [-0.3, -0.25) is 4.79 Å². The van der Waals surface area contributed by atoms with Gasteiger partial charge in [0.2, 0.25) is 0 Å². The number of carboxylic acid groups (broad SMARTS) is 1. The number of rotatable bonds is 6. The molecule has 1 aromatic carbocycles. The number of benzene rings is 1. The molecule has 1 rings (SSSR count).